The Morgan fingerprint density at radius 3 is 2.35 bits per heavy atom. The van der Waals surface area contributed by atoms with Crippen molar-refractivity contribution in [1.82, 2.24) is 10.2 Å². The van der Waals surface area contributed by atoms with Crippen LogP contribution in [0.5, 0.6) is 0 Å². The van der Waals surface area contributed by atoms with Crippen LogP contribution in [-0.4, -0.2) is 62.3 Å². The lowest BCUT2D eigenvalue weighted by atomic mass is 10.1. The van der Waals surface area contributed by atoms with Crippen LogP contribution in [-0.2, 0) is 14.3 Å². The van der Waals surface area contributed by atoms with Gasteiger partial charge >= 0.3 is 0 Å². The highest BCUT2D eigenvalue weighted by molar-refractivity contribution is 5.97. The highest BCUT2D eigenvalue weighted by Crippen LogP contribution is 2.50. The molecule has 34 heavy (non-hydrogen) atoms. The van der Waals surface area contributed by atoms with E-state index in [1.807, 2.05) is 12.1 Å². The zero-order valence-electron chi connectivity index (χ0n) is 19.1. The molecule has 1 saturated heterocycles. The minimum absolute atomic E-state index is 0.0647. The molecule has 0 spiro atoms. The Kier molecular flexibility index (Phi) is 8.24. The van der Waals surface area contributed by atoms with Crippen molar-refractivity contribution in [1.29, 1.82) is 0 Å². The Labute approximate surface area is 198 Å². The van der Waals surface area contributed by atoms with E-state index in [1.165, 1.54) is 42.0 Å². The number of amides is 2. The fraction of sp³-hybridized carbons (Fsp3) is 0.462. The lowest BCUT2D eigenvalue weighted by Crippen LogP contribution is -2.53. The quantitative estimate of drug-likeness (QED) is 0.538. The SMILES string of the molecule is O=C(N[C@@H](COCCC[C@@H]1C[C@H]1c1ccc(F)cc1)C(=O)N1CCOCC1)c1ccc(F)cc1. The van der Waals surface area contributed by atoms with Gasteiger partial charge in [-0.05, 0) is 73.1 Å². The van der Waals surface area contributed by atoms with Crippen LogP contribution in [0.1, 0.15) is 41.1 Å². The second-order valence-electron chi connectivity index (χ2n) is 8.84. The minimum Gasteiger partial charge on any atom is -0.379 e. The largest absolute Gasteiger partial charge is 0.379 e. The number of morpholine rings is 1. The van der Waals surface area contributed by atoms with Gasteiger partial charge in [-0.1, -0.05) is 12.1 Å². The van der Waals surface area contributed by atoms with Crippen LogP contribution in [0.25, 0.3) is 0 Å². The molecule has 2 fully saturated rings. The van der Waals surface area contributed by atoms with E-state index in [1.54, 1.807) is 4.90 Å². The third-order valence-corrected chi connectivity index (χ3v) is 6.40. The normalized spacial score (nSPS) is 20.6. The van der Waals surface area contributed by atoms with Crippen LogP contribution < -0.4 is 5.32 Å². The van der Waals surface area contributed by atoms with Crippen LogP contribution in [0.15, 0.2) is 48.5 Å². The molecule has 1 N–H and O–H groups in total. The van der Waals surface area contributed by atoms with Gasteiger partial charge in [-0.25, -0.2) is 8.78 Å². The van der Waals surface area contributed by atoms with Gasteiger partial charge in [-0.2, -0.15) is 0 Å². The van der Waals surface area contributed by atoms with Crippen molar-refractivity contribution in [3.8, 4) is 0 Å². The van der Waals surface area contributed by atoms with E-state index < -0.39 is 17.8 Å². The van der Waals surface area contributed by atoms with Crippen molar-refractivity contribution < 1.29 is 27.8 Å². The van der Waals surface area contributed by atoms with Crippen LogP contribution >= 0.6 is 0 Å². The summed E-state index contributed by atoms with van der Waals surface area (Å²) in [6, 6.07) is 11.1. The molecule has 2 aliphatic rings. The highest BCUT2D eigenvalue weighted by atomic mass is 19.1. The Balaban J connectivity index is 1.25. The number of nitrogens with zero attached hydrogens (tertiary/aromatic N) is 1. The maximum Gasteiger partial charge on any atom is 0.251 e. The summed E-state index contributed by atoms with van der Waals surface area (Å²) in [4.78, 5) is 27.3. The molecule has 182 valence electrons. The molecular weight excluding hydrogens is 442 g/mol. The van der Waals surface area contributed by atoms with Crippen LogP contribution in [0.3, 0.4) is 0 Å². The van der Waals surface area contributed by atoms with E-state index in [4.69, 9.17) is 9.47 Å². The minimum atomic E-state index is -0.830. The maximum atomic E-state index is 13.2. The third kappa shape index (κ3) is 6.61. The molecule has 8 heteroatoms. The monoisotopic (exact) mass is 472 g/mol. The summed E-state index contributed by atoms with van der Waals surface area (Å²) in [5.41, 5.74) is 1.45. The van der Waals surface area contributed by atoms with E-state index in [-0.39, 0.29) is 23.9 Å². The summed E-state index contributed by atoms with van der Waals surface area (Å²) >= 11 is 0. The lowest BCUT2D eigenvalue weighted by Gasteiger charge is -2.30. The number of benzene rings is 2. The number of hydrogen-bond donors (Lipinski definition) is 1. The van der Waals surface area contributed by atoms with Crippen molar-refractivity contribution in [3.63, 3.8) is 0 Å². The van der Waals surface area contributed by atoms with Crippen molar-refractivity contribution in [3.05, 3.63) is 71.3 Å². The lowest BCUT2D eigenvalue weighted by molar-refractivity contribution is -0.138. The summed E-state index contributed by atoms with van der Waals surface area (Å²) in [7, 11) is 0. The zero-order valence-corrected chi connectivity index (χ0v) is 19.1. The first-order valence-corrected chi connectivity index (χ1v) is 11.8. The molecule has 6 nitrogen and oxygen atoms in total. The Morgan fingerprint density at radius 2 is 1.68 bits per heavy atom. The van der Waals surface area contributed by atoms with Gasteiger partial charge in [-0.3, -0.25) is 9.59 Å². The third-order valence-electron chi connectivity index (χ3n) is 6.40. The van der Waals surface area contributed by atoms with Gasteiger partial charge in [0.2, 0.25) is 5.91 Å². The van der Waals surface area contributed by atoms with E-state index in [0.29, 0.717) is 44.7 Å². The van der Waals surface area contributed by atoms with Crippen LogP contribution in [0.2, 0.25) is 0 Å². The topological polar surface area (TPSA) is 67.9 Å². The van der Waals surface area contributed by atoms with E-state index in [9.17, 15) is 18.4 Å². The highest BCUT2D eigenvalue weighted by Gasteiger charge is 2.37. The summed E-state index contributed by atoms with van der Waals surface area (Å²) < 4.78 is 37.4. The van der Waals surface area contributed by atoms with Crippen LogP contribution in [0, 0.1) is 17.6 Å². The molecular formula is C26H30F2N2O4. The summed E-state index contributed by atoms with van der Waals surface area (Å²) in [6.45, 7) is 2.40. The first-order chi connectivity index (χ1) is 16.5. The molecule has 1 heterocycles. The second kappa shape index (κ2) is 11.5. The van der Waals surface area contributed by atoms with Gasteiger partial charge < -0.3 is 19.7 Å². The predicted octanol–water partition coefficient (Wildman–Crippen LogP) is 3.52. The molecule has 1 saturated carbocycles. The number of hydrogen-bond acceptors (Lipinski definition) is 4. The molecule has 3 atom stereocenters. The molecule has 2 amide bonds. The molecule has 0 aromatic heterocycles. The van der Waals surface area contributed by atoms with Crippen molar-refractivity contribution in [2.24, 2.45) is 5.92 Å². The van der Waals surface area contributed by atoms with Gasteiger partial charge in [0.25, 0.3) is 5.91 Å². The zero-order chi connectivity index (χ0) is 23.9. The first kappa shape index (κ1) is 24.3. The van der Waals surface area contributed by atoms with Crippen LogP contribution in [0.4, 0.5) is 8.78 Å². The van der Waals surface area contributed by atoms with Gasteiger partial charge in [0.15, 0.2) is 0 Å². The average Bonchev–Trinajstić information content (AvgIpc) is 3.63. The van der Waals surface area contributed by atoms with E-state index >= 15 is 0 Å². The van der Waals surface area contributed by atoms with Gasteiger partial charge in [0.1, 0.15) is 17.7 Å². The molecule has 4 rings (SSSR count). The second-order valence-corrected chi connectivity index (χ2v) is 8.84. The summed E-state index contributed by atoms with van der Waals surface area (Å²) in [6.07, 6.45) is 2.93. The van der Waals surface area contributed by atoms with Gasteiger partial charge in [0, 0.05) is 25.3 Å². The smallest absolute Gasteiger partial charge is 0.251 e. The number of halogens is 2. The molecule has 2 aromatic carbocycles. The summed E-state index contributed by atoms with van der Waals surface area (Å²) in [5, 5.41) is 2.75. The molecule has 0 bridgehead atoms. The predicted molar refractivity (Wildman–Crippen MR) is 122 cm³/mol. The number of carbonyl (C=O) groups excluding carboxylic acids is 2. The maximum absolute atomic E-state index is 13.2. The van der Waals surface area contributed by atoms with Crippen molar-refractivity contribution >= 4 is 11.8 Å². The number of carbonyl (C=O) groups is 2. The van der Waals surface area contributed by atoms with Gasteiger partial charge in [0.05, 0.1) is 19.8 Å². The number of rotatable bonds is 10. The Hall–Kier alpha value is -2.84. The Bertz CT molecular complexity index is 962. The van der Waals surface area contributed by atoms with E-state index in [0.717, 1.165) is 19.3 Å². The number of ether oxygens (including phenoxy) is 2. The average molecular weight is 473 g/mol. The van der Waals surface area contributed by atoms with Crippen molar-refractivity contribution in [2.45, 2.75) is 31.2 Å². The molecule has 0 radical (unpaired) electrons. The van der Waals surface area contributed by atoms with Crippen molar-refractivity contribution in [2.75, 3.05) is 39.5 Å². The Morgan fingerprint density at radius 1 is 1.03 bits per heavy atom. The molecule has 1 aliphatic heterocycles. The number of nitrogens with one attached hydrogen (secondary N) is 1. The molecule has 1 aliphatic carbocycles. The fourth-order valence-electron chi connectivity index (χ4n) is 4.36. The summed E-state index contributed by atoms with van der Waals surface area (Å²) in [5.74, 6) is -0.267. The molecule has 0 unspecified atom stereocenters. The standard InChI is InChI=1S/C26H30F2N2O4/c27-21-7-3-18(4-8-21)23-16-20(23)2-1-13-34-17-24(26(32)30-11-14-33-15-12-30)29-25(31)19-5-9-22(28)10-6-19/h3-10,20,23-24H,1-2,11-17H2,(H,29,31)/t20-,23+,24+/m1/s1. The fourth-order valence-corrected chi connectivity index (χ4v) is 4.36. The first-order valence-electron chi connectivity index (χ1n) is 11.8. The van der Waals surface area contributed by atoms with E-state index in [2.05, 4.69) is 5.32 Å². The van der Waals surface area contributed by atoms with Gasteiger partial charge in [-0.15, -0.1) is 0 Å². The molecule has 2 aromatic rings.